The summed E-state index contributed by atoms with van der Waals surface area (Å²) in [6.07, 6.45) is 5.96. The third-order valence-electron chi connectivity index (χ3n) is 8.16. The first kappa shape index (κ1) is 30.3. The molecular formula is C33H33ClFN3O5. The van der Waals surface area contributed by atoms with Gasteiger partial charge in [-0.3, -0.25) is 19.3 Å². The van der Waals surface area contributed by atoms with E-state index in [2.05, 4.69) is 22.8 Å². The highest BCUT2D eigenvalue weighted by molar-refractivity contribution is 6.34. The molecule has 3 aromatic carbocycles. The number of anilines is 2. The van der Waals surface area contributed by atoms with E-state index in [0.29, 0.717) is 0 Å². The van der Waals surface area contributed by atoms with Crippen LogP contribution < -0.4 is 15.4 Å². The van der Waals surface area contributed by atoms with Crippen molar-refractivity contribution in [2.75, 3.05) is 37.4 Å². The normalized spacial score (nSPS) is 18.5. The number of halogens is 2. The summed E-state index contributed by atoms with van der Waals surface area (Å²) in [6, 6.07) is 16.1. The van der Waals surface area contributed by atoms with Crippen molar-refractivity contribution in [1.29, 1.82) is 0 Å². The van der Waals surface area contributed by atoms with Crippen molar-refractivity contribution in [2.45, 2.75) is 32.1 Å². The van der Waals surface area contributed by atoms with Crippen LogP contribution in [0, 0.1) is 11.2 Å². The number of hydrogen-bond donors (Lipinski definition) is 3. The Hall–Kier alpha value is -4.21. The Morgan fingerprint density at radius 2 is 1.93 bits per heavy atom. The second-order valence-corrected chi connectivity index (χ2v) is 11.4. The molecule has 1 spiro atoms. The summed E-state index contributed by atoms with van der Waals surface area (Å²) in [5.41, 5.74) is 3.78. The van der Waals surface area contributed by atoms with Gasteiger partial charge in [-0.15, -0.1) is 0 Å². The Morgan fingerprint density at radius 3 is 2.72 bits per heavy atom. The largest absolute Gasteiger partial charge is 0.495 e. The zero-order valence-electron chi connectivity index (χ0n) is 23.8. The SMILES string of the molecule is COc1cc(C(=O)N(CCO)C(=O)C=C2CC[C@@]3(CCNc4ccccc4C3)C2)ccc1NC(=O)c1cc(F)ccc1Cl. The minimum atomic E-state index is -0.659. The molecule has 224 valence electrons. The second kappa shape index (κ2) is 13.0. The number of amides is 3. The molecule has 0 unspecified atom stereocenters. The third-order valence-corrected chi connectivity index (χ3v) is 8.49. The molecule has 5 rings (SSSR count). The predicted octanol–water partition coefficient (Wildman–Crippen LogP) is 5.86. The average molecular weight is 606 g/mol. The molecule has 1 fully saturated rings. The summed E-state index contributed by atoms with van der Waals surface area (Å²) in [6.45, 7) is 0.288. The molecule has 3 aromatic rings. The van der Waals surface area contributed by atoms with E-state index < -0.39 is 30.1 Å². The van der Waals surface area contributed by atoms with E-state index in [9.17, 15) is 23.9 Å². The average Bonchev–Trinajstić information content (AvgIpc) is 3.28. The standard InChI is InChI=1S/C33H33ClFN3O5/c1-43-29-17-22(6-9-28(29)37-31(41)25-18-24(35)7-8-26(25)34)32(42)38(14-15-39)30(40)16-21-10-11-33(19-21)12-13-36-27-5-3-2-4-23(27)20-33/h2-9,16-18,36,39H,10-15,19-20H2,1H3,(H,37,41)/t33-/m1/s1. The maximum absolute atomic E-state index is 13.7. The molecule has 1 aliphatic heterocycles. The van der Waals surface area contributed by atoms with Crippen LogP contribution in [-0.2, 0) is 11.2 Å². The zero-order chi connectivity index (χ0) is 30.6. The zero-order valence-corrected chi connectivity index (χ0v) is 24.5. The first-order valence-electron chi connectivity index (χ1n) is 14.1. The van der Waals surface area contributed by atoms with E-state index in [1.54, 1.807) is 6.08 Å². The molecule has 43 heavy (non-hydrogen) atoms. The molecule has 10 heteroatoms. The summed E-state index contributed by atoms with van der Waals surface area (Å²) in [5, 5.41) is 15.9. The maximum Gasteiger partial charge on any atom is 0.260 e. The fraction of sp³-hybridized carbons (Fsp3) is 0.303. The second-order valence-electron chi connectivity index (χ2n) is 11.0. The molecule has 8 nitrogen and oxygen atoms in total. The number of allylic oxidation sites excluding steroid dienone is 1. The molecule has 1 aliphatic carbocycles. The van der Waals surface area contributed by atoms with Crippen LogP contribution >= 0.6 is 11.6 Å². The van der Waals surface area contributed by atoms with E-state index in [1.807, 2.05) is 12.1 Å². The summed E-state index contributed by atoms with van der Waals surface area (Å²) in [7, 11) is 1.37. The number of carbonyl (C=O) groups excluding carboxylic acids is 3. The minimum Gasteiger partial charge on any atom is -0.495 e. The van der Waals surface area contributed by atoms with E-state index in [0.717, 1.165) is 66.9 Å². The van der Waals surface area contributed by atoms with Crippen LogP contribution in [0.25, 0.3) is 0 Å². The number of rotatable bonds is 7. The van der Waals surface area contributed by atoms with E-state index in [4.69, 9.17) is 16.3 Å². The number of nitrogens with one attached hydrogen (secondary N) is 2. The molecule has 0 radical (unpaired) electrons. The molecule has 0 aromatic heterocycles. The van der Waals surface area contributed by atoms with Gasteiger partial charge >= 0.3 is 0 Å². The number of aliphatic hydroxyl groups excluding tert-OH is 1. The van der Waals surface area contributed by atoms with E-state index >= 15 is 0 Å². The molecule has 2 aliphatic rings. The van der Waals surface area contributed by atoms with Crippen molar-refractivity contribution in [3.8, 4) is 5.75 Å². The fourth-order valence-electron chi connectivity index (χ4n) is 5.98. The molecule has 3 amide bonds. The Bertz CT molecular complexity index is 1590. The number of methoxy groups -OCH3 is 1. The van der Waals surface area contributed by atoms with E-state index in [1.165, 1.54) is 36.9 Å². The van der Waals surface area contributed by atoms with Crippen LogP contribution in [0.2, 0.25) is 5.02 Å². The Kier molecular flexibility index (Phi) is 9.13. The van der Waals surface area contributed by atoms with Gasteiger partial charge in [-0.05, 0) is 85.5 Å². The number of imide groups is 1. The number of benzene rings is 3. The number of hydrogen-bond acceptors (Lipinski definition) is 6. The smallest absolute Gasteiger partial charge is 0.260 e. The number of ether oxygens (including phenoxy) is 1. The van der Waals surface area contributed by atoms with Crippen LogP contribution in [0.15, 0.2) is 72.3 Å². The topological polar surface area (TPSA) is 108 Å². The first-order chi connectivity index (χ1) is 20.7. The van der Waals surface area contributed by atoms with Gasteiger partial charge in [-0.25, -0.2) is 4.39 Å². The predicted molar refractivity (Wildman–Crippen MR) is 163 cm³/mol. The summed E-state index contributed by atoms with van der Waals surface area (Å²) < 4.78 is 19.1. The van der Waals surface area contributed by atoms with Crippen LogP contribution in [-0.4, -0.2) is 54.5 Å². The summed E-state index contributed by atoms with van der Waals surface area (Å²) >= 11 is 6.05. The summed E-state index contributed by atoms with van der Waals surface area (Å²) in [4.78, 5) is 40.6. The van der Waals surface area contributed by atoms with Gasteiger partial charge in [0, 0.05) is 23.9 Å². The molecule has 1 atom stereocenters. The van der Waals surface area contributed by atoms with E-state index in [-0.39, 0.29) is 39.5 Å². The van der Waals surface area contributed by atoms with Gasteiger partial charge < -0.3 is 20.5 Å². The lowest BCUT2D eigenvalue weighted by atomic mass is 9.77. The lowest BCUT2D eigenvalue weighted by Gasteiger charge is -2.27. The third kappa shape index (κ3) is 6.73. The minimum absolute atomic E-state index is 0.0565. The monoisotopic (exact) mass is 605 g/mol. The molecule has 3 N–H and O–H groups in total. The highest BCUT2D eigenvalue weighted by atomic mass is 35.5. The van der Waals surface area contributed by atoms with Crippen LogP contribution in [0.1, 0.15) is 52.0 Å². The van der Waals surface area contributed by atoms with Crippen molar-refractivity contribution < 1.29 is 28.6 Å². The quantitative estimate of drug-likeness (QED) is 0.291. The van der Waals surface area contributed by atoms with Crippen molar-refractivity contribution in [3.63, 3.8) is 0 Å². The summed E-state index contributed by atoms with van der Waals surface area (Å²) in [5.74, 6) is -2.22. The van der Waals surface area contributed by atoms with Crippen LogP contribution in [0.3, 0.4) is 0 Å². The Morgan fingerprint density at radius 1 is 1.12 bits per heavy atom. The van der Waals surface area contributed by atoms with Crippen LogP contribution in [0.5, 0.6) is 5.75 Å². The number of para-hydroxylation sites is 1. The molecule has 0 bridgehead atoms. The van der Waals surface area contributed by atoms with Crippen molar-refractivity contribution in [3.05, 3.63) is 99.8 Å². The molecule has 1 saturated carbocycles. The highest BCUT2D eigenvalue weighted by Gasteiger charge is 2.38. The van der Waals surface area contributed by atoms with Gasteiger partial charge in [-0.1, -0.05) is 35.4 Å². The van der Waals surface area contributed by atoms with Gasteiger partial charge in [0.2, 0.25) is 0 Å². The first-order valence-corrected chi connectivity index (χ1v) is 14.5. The molecular weight excluding hydrogens is 573 g/mol. The fourth-order valence-corrected chi connectivity index (χ4v) is 6.19. The molecule has 1 heterocycles. The number of nitrogens with zero attached hydrogens (tertiary/aromatic N) is 1. The van der Waals surface area contributed by atoms with Crippen molar-refractivity contribution in [2.24, 2.45) is 5.41 Å². The lowest BCUT2D eigenvalue weighted by molar-refractivity contribution is -0.124. The van der Waals surface area contributed by atoms with Crippen molar-refractivity contribution >= 4 is 40.7 Å². The molecule has 0 saturated heterocycles. The van der Waals surface area contributed by atoms with Gasteiger partial charge in [0.15, 0.2) is 0 Å². The van der Waals surface area contributed by atoms with Gasteiger partial charge in [0.05, 0.1) is 36.5 Å². The van der Waals surface area contributed by atoms with Gasteiger partial charge in [-0.2, -0.15) is 0 Å². The number of aliphatic hydroxyl groups is 1. The van der Waals surface area contributed by atoms with Crippen LogP contribution in [0.4, 0.5) is 15.8 Å². The number of fused-ring (bicyclic) bond motifs is 1. The van der Waals surface area contributed by atoms with Gasteiger partial charge in [0.1, 0.15) is 11.6 Å². The Balaban J connectivity index is 1.31. The Labute approximate surface area is 254 Å². The van der Waals surface area contributed by atoms with Gasteiger partial charge in [0.25, 0.3) is 17.7 Å². The maximum atomic E-state index is 13.7. The lowest BCUT2D eigenvalue weighted by Crippen LogP contribution is -2.38. The number of carbonyl (C=O) groups is 3. The van der Waals surface area contributed by atoms with Crippen molar-refractivity contribution in [1.82, 2.24) is 4.90 Å². The highest BCUT2D eigenvalue weighted by Crippen LogP contribution is 2.48.